The minimum atomic E-state index is -0.231. The number of benzene rings is 2. The molecular formula is C20H11FN4S2. The summed E-state index contributed by atoms with van der Waals surface area (Å²) in [6.45, 7) is 0. The summed E-state index contributed by atoms with van der Waals surface area (Å²) < 4.78 is 14.0. The first kappa shape index (κ1) is 16.3. The predicted molar refractivity (Wildman–Crippen MR) is 106 cm³/mol. The van der Waals surface area contributed by atoms with Crippen LogP contribution >= 0.6 is 23.1 Å². The van der Waals surface area contributed by atoms with Crippen molar-refractivity contribution in [3.63, 3.8) is 0 Å². The normalized spacial score (nSPS) is 11.3. The number of hydrogen-bond acceptors (Lipinski definition) is 6. The minimum Gasteiger partial charge on any atom is -0.244 e. The Bertz CT molecular complexity index is 1290. The third-order valence-corrected chi connectivity index (χ3v) is 5.94. The SMILES string of the molecule is Fc1ccccc1Sc1ccc2ncnc(-c3ccnc4scnc34)c2c1. The van der Waals surface area contributed by atoms with Gasteiger partial charge in [-0.05, 0) is 36.4 Å². The highest BCUT2D eigenvalue weighted by atomic mass is 32.2. The summed E-state index contributed by atoms with van der Waals surface area (Å²) in [5, 5.41) is 0.902. The van der Waals surface area contributed by atoms with Gasteiger partial charge in [0.2, 0.25) is 0 Å². The summed E-state index contributed by atoms with van der Waals surface area (Å²) in [5.74, 6) is -0.231. The molecule has 0 atom stereocenters. The number of halogens is 1. The molecule has 0 saturated carbocycles. The molecule has 5 rings (SSSR count). The first-order chi connectivity index (χ1) is 13.3. The van der Waals surface area contributed by atoms with Crippen LogP contribution in [-0.4, -0.2) is 19.9 Å². The van der Waals surface area contributed by atoms with E-state index in [1.54, 1.807) is 30.2 Å². The summed E-state index contributed by atoms with van der Waals surface area (Å²) in [6, 6.07) is 14.6. The second-order valence-electron chi connectivity index (χ2n) is 5.80. The largest absolute Gasteiger partial charge is 0.244 e. The Morgan fingerprint density at radius 3 is 2.78 bits per heavy atom. The van der Waals surface area contributed by atoms with Crippen LogP contribution in [0, 0.1) is 5.82 Å². The Labute approximate surface area is 162 Å². The van der Waals surface area contributed by atoms with Crippen molar-refractivity contribution in [2.45, 2.75) is 9.79 Å². The van der Waals surface area contributed by atoms with Gasteiger partial charge in [-0.25, -0.2) is 24.3 Å². The maximum atomic E-state index is 14.0. The monoisotopic (exact) mass is 390 g/mol. The Hall–Kier alpha value is -2.90. The number of rotatable bonds is 3. The van der Waals surface area contributed by atoms with Gasteiger partial charge in [0.25, 0.3) is 0 Å². The van der Waals surface area contributed by atoms with Crippen LogP contribution < -0.4 is 0 Å². The Kier molecular flexibility index (Phi) is 4.03. The second-order valence-corrected chi connectivity index (χ2v) is 7.75. The van der Waals surface area contributed by atoms with Crippen molar-refractivity contribution in [2.24, 2.45) is 0 Å². The molecule has 0 amide bonds. The Morgan fingerprint density at radius 2 is 1.85 bits per heavy atom. The Balaban J connectivity index is 1.68. The van der Waals surface area contributed by atoms with Crippen molar-refractivity contribution < 1.29 is 4.39 Å². The van der Waals surface area contributed by atoms with Gasteiger partial charge in [0.05, 0.1) is 16.7 Å². The van der Waals surface area contributed by atoms with Crippen LogP contribution in [0.3, 0.4) is 0 Å². The molecule has 7 heteroatoms. The van der Waals surface area contributed by atoms with Crippen LogP contribution in [0.5, 0.6) is 0 Å². The number of hydrogen-bond donors (Lipinski definition) is 0. The number of aromatic nitrogens is 4. The van der Waals surface area contributed by atoms with Crippen LogP contribution in [-0.2, 0) is 0 Å². The molecule has 3 aromatic heterocycles. The van der Waals surface area contributed by atoms with Crippen LogP contribution in [0.25, 0.3) is 32.5 Å². The summed E-state index contributed by atoms with van der Waals surface area (Å²) in [4.78, 5) is 20.1. The molecule has 0 unspecified atom stereocenters. The zero-order valence-corrected chi connectivity index (χ0v) is 15.5. The molecule has 130 valence electrons. The van der Waals surface area contributed by atoms with Gasteiger partial charge >= 0.3 is 0 Å². The predicted octanol–water partition coefficient (Wildman–Crippen LogP) is 5.59. The van der Waals surface area contributed by atoms with Crippen LogP contribution in [0.15, 0.2) is 76.4 Å². The molecule has 0 aliphatic carbocycles. The molecule has 0 spiro atoms. The smallest absolute Gasteiger partial charge is 0.143 e. The number of thiazole rings is 1. The fraction of sp³-hybridized carbons (Fsp3) is 0. The fourth-order valence-corrected chi connectivity index (χ4v) is 4.47. The van der Waals surface area contributed by atoms with E-state index < -0.39 is 0 Å². The second kappa shape index (κ2) is 6.68. The van der Waals surface area contributed by atoms with Gasteiger partial charge < -0.3 is 0 Å². The van der Waals surface area contributed by atoms with Gasteiger partial charge in [0.1, 0.15) is 22.5 Å². The third-order valence-electron chi connectivity index (χ3n) is 4.16. The average Bonchev–Trinajstić information content (AvgIpc) is 3.18. The van der Waals surface area contributed by atoms with E-state index in [-0.39, 0.29) is 5.82 Å². The minimum absolute atomic E-state index is 0.231. The molecule has 5 aromatic rings. The van der Waals surface area contributed by atoms with Gasteiger partial charge in [-0.2, -0.15) is 0 Å². The highest BCUT2D eigenvalue weighted by Gasteiger charge is 2.13. The van der Waals surface area contributed by atoms with Gasteiger partial charge in [-0.1, -0.05) is 23.9 Å². The van der Waals surface area contributed by atoms with E-state index in [0.717, 1.165) is 37.4 Å². The number of fused-ring (bicyclic) bond motifs is 2. The van der Waals surface area contributed by atoms with E-state index in [2.05, 4.69) is 19.9 Å². The van der Waals surface area contributed by atoms with Crippen molar-refractivity contribution in [1.29, 1.82) is 0 Å². The molecule has 3 heterocycles. The van der Waals surface area contributed by atoms with E-state index >= 15 is 0 Å². The lowest BCUT2D eigenvalue weighted by Crippen LogP contribution is -1.91. The van der Waals surface area contributed by atoms with E-state index in [9.17, 15) is 4.39 Å². The average molecular weight is 390 g/mol. The lowest BCUT2D eigenvalue weighted by molar-refractivity contribution is 0.602. The molecule has 2 aromatic carbocycles. The topological polar surface area (TPSA) is 51.6 Å². The van der Waals surface area contributed by atoms with Crippen LogP contribution in [0.4, 0.5) is 4.39 Å². The van der Waals surface area contributed by atoms with E-state index in [4.69, 9.17) is 0 Å². The molecule has 0 N–H and O–H groups in total. The van der Waals surface area contributed by atoms with Crippen LogP contribution in [0.1, 0.15) is 0 Å². The standard InChI is InChI=1S/C20H11FN4S2/c21-15-3-1-2-4-17(15)27-12-5-6-16-14(9-12)18(24-10-23-16)13-7-8-22-20-19(13)25-11-26-20/h1-11H. The van der Waals surface area contributed by atoms with E-state index in [1.165, 1.54) is 29.2 Å². The molecular weight excluding hydrogens is 379 g/mol. The first-order valence-electron chi connectivity index (χ1n) is 8.15. The molecule has 4 nitrogen and oxygen atoms in total. The Morgan fingerprint density at radius 1 is 0.926 bits per heavy atom. The number of pyridine rings is 1. The maximum absolute atomic E-state index is 14.0. The van der Waals surface area contributed by atoms with Crippen molar-refractivity contribution in [3.8, 4) is 11.3 Å². The van der Waals surface area contributed by atoms with Gasteiger partial charge in [-0.15, -0.1) is 11.3 Å². The van der Waals surface area contributed by atoms with Gasteiger partial charge in [-0.3, -0.25) is 0 Å². The van der Waals surface area contributed by atoms with Crippen LogP contribution in [0.2, 0.25) is 0 Å². The summed E-state index contributed by atoms with van der Waals surface area (Å²) >= 11 is 2.88. The number of nitrogens with zero attached hydrogens (tertiary/aromatic N) is 4. The quantitative estimate of drug-likeness (QED) is 0.402. The van der Waals surface area contributed by atoms with Gasteiger partial charge in [0, 0.05) is 26.9 Å². The first-order valence-corrected chi connectivity index (χ1v) is 9.85. The van der Waals surface area contributed by atoms with Gasteiger partial charge in [0.15, 0.2) is 0 Å². The molecule has 0 bridgehead atoms. The highest BCUT2D eigenvalue weighted by molar-refractivity contribution is 7.99. The van der Waals surface area contributed by atoms with Crippen molar-refractivity contribution in [3.05, 3.63) is 72.4 Å². The molecule has 0 fully saturated rings. The summed E-state index contributed by atoms with van der Waals surface area (Å²) in [7, 11) is 0. The lowest BCUT2D eigenvalue weighted by Gasteiger charge is -2.08. The third kappa shape index (κ3) is 2.94. The molecule has 0 saturated heterocycles. The van der Waals surface area contributed by atoms with Crippen molar-refractivity contribution in [1.82, 2.24) is 19.9 Å². The summed E-state index contributed by atoms with van der Waals surface area (Å²) in [5.41, 5.74) is 5.16. The maximum Gasteiger partial charge on any atom is 0.143 e. The molecule has 0 aliphatic heterocycles. The fourth-order valence-electron chi connectivity index (χ4n) is 2.93. The molecule has 27 heavy (non-hydrogen) atoms. The zero-order chi connectivity index (χ0) is 18.2. The molecule has 0 aliphatic rings. The van der Waals surface area contributed by atoms with E-state index in [1.807, 2.05) is 30.3 Å². The van der Waals surface area contributed by atoms with Crippen molar-refractivity contribution >= 4 is 44.3 Å². The van der Waals surface area contributed by atoms with E-state index in [0.29, 0.717) is 4.90 Å². The molecule has 0 radical (unpaired) electrons. The lowest BCUT2D eigenvalue weighted by atomic mass is 10.1. The van der Waals surface area contributed by atoms with Crippen molar-refractivity contribution in [2.75, 3.05) is 0 Å². The zero-order valence-electron chi connectivity index (χ0n) is 13.8. The highest BCUT2D eigenvalue weighted by Crippen LogP contribution is 2.35. The summed E-state index contributed by atoms with van der Waals surface area (Å²) in [6.07, 6.45) is 3.32.